The molecule has 0 bridgehead atoms. The number of rotatable bonds is 6. The minimum absolute atomic E-state index is 0.0438. The van der Waals surface area contributed by atoms with Crippen molar-refractivity contribution in [1.29, 1.82) is 0 Å². The quantitative estimate of drug-likeness (QED) is 0.661. The van der Waals surface area contributed by atoms with Crippen LogP contribution < -0.4 is 0 Å². The van der Waals surface area contributed by atoms with Gasteiger partial charge in [-0.05, 0) is 11.6 Å². The number of hydrogen-bond donors (Lipinski definition) is 1. The fourth-order valence-corrected chi connectivity index (χ4v) is 2.92. The Labute approximate surface area is 156 Å². The van der Waals surface area contributed by atoms with Gasteiger partial charge in [-0.15, -0.1) is 0 Å². The monoisotopic (exact) mass is 356 g/mol. The third-order valence-electron chi connectivity index (χ3n) is 4.24. The van der Waals surface area contributed by atoms with Crippen LogP contribution in [-0.4, -0.2) is 22.6 Å². The van der Waals surface area contributed by atoms with E-state index < -0.39 is 11.8 Å². The van der Waals surface area contributed by atoms with Gasteiger partial charge in [0.15, 0.2) is 11.6 Å². The van der Waals surface area contributed by atoms with Gasteiger partial charge in [0.2, 0.25) is 0 Å². The average Bonchev–Trinajstić information content (AvgIpc) is 2.72. The molecule has 0 amide bonds. The lowest BCUT2D eigenvalue weighted by Crippen LogP contribution is -2.14. The molecule has 0 atom stereocenters. The van der Waals surface area contributed by atoms with E-state index in [1.54, 1.807) is 60.7 Å². The molecule has 0 aliphatic heterocycles. The van der Waals surface area contributed by atoms with Gasteiger partial charge in [-0.1, -0.05) is 79.4 Å². The molecule has 1 N–H and O–H groups in total. The lowest BCUT2D eigenvalue weighted by Gasteiger charge is -2.11. The van der Waals surface area contributed by atoms with Crippen LogP contribution in [0.2, 0.25) is 0 Å². The van der Waals surface area contributed by atoms with Gasteiger partial charge in [-0.2, -0.15) is 0 Å². The van der Waals surface area contributed by atoms with Crippen molar-refractivity contribution >= 4 is 23.6 Å². The second kappa shape index (κ2) is 7.62. The maximum atomic E-state index is 13.1. The highest BCUT2D eigenvalue weighted by Gasteiger charge is 2.23. The molecule has 0 aliphatic rings. The van der Waals surface area contributed by atoms with Gasteiger partial charge in [0.1, 0.15) is 0 Å². The first-order valence-corrected chi connectivity index (χ1v) is 8.26. The van der Waals surface area contributed by atoms with Crippen LogP contribution in [0.3, 0.4) is 0 Å². The molecule has 0 aromatic heterocycles. The minimum atomic E-state index is -1.19. The van der Waals surface area contributed by atoms with Gasteiger partial charge in [0.05, 0.1) is 5.56 Å². The Kier molecular flexibility index (Phi) is 5.08. The molecule has 3 aromatic rings. The summed E-state index contributed by atoms with van der Waals surface area (Å²) in [4.78, 5) is 37.6. The smallest absolute Gasteiger partial charge is 0.336 e. The average molecular weight is 356 g/mol. The van der Waals surface area contributed by atoms with E-state index in [-0.39, 0.29) is 28.0 Å². The Morgan fingerprint density at radius 3 is 1.48 bits per heavy atom. The number of carbonyl (C=O) groups excluding carboxylic acids is 2. The summed E-state index contributed by atoms with van der Waals surface area (Å²) in [5.41, 5.74) is 1.42. The van der Waals surface area contributed by atoms with E-state index in [9.17, 15) is 19.5 Å². The molecule has 0 spiro atoms. The van der Waals surface area contributed by atoms with E-state index in [1.165, 1.54) is 18.2 Å². The molecular formula is C23H16O4. The Morgan fingerprint density at radius 1 is 0.630 bits per heavy atom. The van der Waals surface area contributed by atoms with E-state index in [4.69, 9.17) is 0 Å². The van der Waals surface area contributed by atoms with Gasteiger partial charge in [-0.25, -0.2) is 4.79 Å². The number of hydrogen-bond acceptors (Lipinski definition) is 3. The fraction of sp³-hybridized carbons (Fsp3) is 0. The van der Waals surface area contributed by atoms with Crippen LogP contribution in [0.5, 0.6) is 0 Å². The summed E-state index contributed by atoms with van der Waals surface area (Å²) in [6.45, 7) is 3.72. The van der Waals surface area contributed by atoms with Gasteiger partial charge in [-0.3, -0.25) is 9.59 Å². The summed E-state index contributed by atoms with van der Waals surface area (Å²) in [7, 11) is 0. The molecule has 27 heavy (non-hydrogen) atoms. The molecule has 3 aromatic carbocycles. The van der Waals surface area contributed by atoms with E-state index in [2.05, 4.69) is 6.58 Å². The molecule has 0 fully saturated rings. The summed E-state index contributed by atoms with van der Waals surface area (Å²) in [6.07, 6.45) is 1.58. The SMILES string of the molecule is C=Cc1ccccc1C(=O)c1ccccc1C(=O)c1ccccc1C(=O)O. The lowest BCUT2D eigenvalue weighted by atomic mass is 9.90. The molecule has 0 heterocycles. The van der Waals surface area contributed by atoms with Crippen LogP contribution in [0, 0.1) is 0 Å². The maximum absolute atomic E-state index is 13.1. The first-order chi connectivity index (χ1) is 13.0. The van der Waals surface area contributed by atoms with E-state index in [0.717, 1.165) is 0 Å². The molecule has 132 valence electrons. The Hall–Kier alpha value is -3.79. The summed E-state index contributed by atoms with van der Waals surface area (Å²) in [5.74, 6) is -2.02. The molecule has 3 rings (SSSR count). The van der Waals surface area contributed by atoms with Crippen LogP contribution in [-0.2, 0) is 0 Å². The molecule has 0 aliphatic carbocycles. The number of carboxylic acids is 1. The predicted octanol–water partition coefficient (Wildman–Crippen LogP) is 4.49. The third-order valence-corrected chi connectivity index (χ3v) is 4.24. The summed E-state index contributed by atoms with van der Waals surface area (Å²) < 4.78 is 0. The summed E-state index contributed by atoms with van der Waals surface area (Å²) in [5, 5.41) is 9.36. The third kappa shape index (κ3) is 3.46. The molecule has 0 radical (unpaired) electrons. The zero-order valence-electron chi connectivity index (χ0n) is 14.4. The maximum Gasteiger partial charge on any atom is 0.336 e. The van der Waals surface area contributed by atoms with Crippen molar-refractivity contribution < 1.29 is 19.5 Å². The van der Waals surface area contributed by atoms with Gasteiger partial charge < -0.3 is 5.11 Å². The van der Waals surface area contributed by atoms with E-state index in [1.807, 2.05) is 0 Å². The first-order valence-electron chi connectivity index (χ1n) is 8.26. The van der Waals surface area contributed by atoms with Crippen molar-refractivity contribution in [2.75, 3.05) is 0 Å². The van der Waals surface area contributed by atoms with Crippen LogP contribution in [0.25, 0.3) is 6.08 Å². The predicted molar refractivity (Wildman–Crippen MR) is 103 cm³/mol. The van der Waals surface area contributed by atoms with Crippen molar-refractivity contribution in [1.82, 2.24) is 0 Å². The van der Waals surface area contributed by atoms with Crippen LogP contribution >= 0.6 is 0 Å². The zero-order valence-corrected chi connectivity index (χ0v) is 14.4. The van der Waals surface area contributed by atoms with Crippen molar-refractivity contribution in [3.8, 4) is 0 Å². The summed E-state index contributed by atoms with van der Waals surface area (Å²) in [6, 6.07) is 19.4. The van der Waals surface area contributed by atoms with Crippen molar-refractivity contribution in [3.05, 3.63) is 113 Å². The fourth-order valence-electron chi connectivity index (χ4n) is 2.92. The van der Waals surface area contributed by atoms with E-state index in [0.29, 0.717) is 11.1 Å². The van der Waals surface area contributed by atoms with Crippen LogP contribution in [0.4, 0.5) is 0 Å². The molecule has 4 heteroatoms. The molecule has 0 unspecified atom stereocenters. The van der Waals surface area contributed by atoms with Crippen LogP contribution in [0.1, 0.15) is 47.8 Å². The van der Waals surface area contributed by atoms with Crippen molar-refractivity contribution in [2.24, 2.45) is 0 Å². The number of carbonyl (C=O) groups is 3. The standard InChI is InChI=1S/C23H16O4/c1-2-15-9-3-4-10-16(15)21(24)17-11-5-6-12-18(17)22(25)19-13-7-8-14-20(19)23(26)27/h2-14H,1H2,(H,26,27). The van der Waals surface area contributed by atoms with Gasteiger partial charge >= 0.3 is 5.97 Å². The highest BCUT2D eigenvalue weighted by atomic mass is 16.4. The molecule has 0 saturated heterocycles. The van der Waals surface area contributed by atoms with Crippen LogP contribution in [0.15, 0.2) is 79.4 Å². The lowest BCUT2D eigenvalue weighted by molar-refractivity contribution is 0.0692. The highest BCUT2D eigenvalue weighted by molar-refractivity contribution is 6.22. The molecule has 0 saturated carbocycles. The first kappa shape index (κ1) is 18.0. The molecular weight excluding hydrogens is 340 g/mol. The summed E-state index contributed by atoms with van der Waals surface area (Å²) >= 11 is 0. The number of benzene rings is 3. The Balaban J connectivity index is 2.13. The van der Waals surface area contributed by atoms with E-state index >= 15 is 0 Å². The normalized spacial score (nSPS) is 10.2. The highest BCUT2D eigenvalue weighted by Crippen LogP contribution is 2.22. The topological polar surface area (TPSA) is 71.4 Å². The second-order valence-electron chi connectivity index (χ2n) is 5.85. The number of aromatic carboxylic acids is 1. The van der Waals surface area contributed by atoms with Crippen molar-refractivity contribution in [3.63, 3.8) is 0 Å². The van der Waals surface area contributed by atoms with Gasteiger partial charge in [0.25, 0.3) is 0 Å². The Bertz CT molecular complexity index is 1060. The molecule has 4 nitrogen and oxygen atoms in total. The largest absolute Gasteiger partial charge is 0.478 e. The Morgan fingerprint density at radius 2 is 1.00 bits per heavy atom. The number of carboxylic acid groups (broad SMARTS) is 1. The minimum Gasteiger partial charge on any atom is -0.478 e. The van der Waals surface area contributed by atoms with Gasteiger partial charge in [0, 0.05) is 22.3 Å². The number of ketones is 2. The second-order valence-corrected chi connectivity index (χ2v) is 5.85. The van der Waals surface area contributed by atoms with Crippen molar-refractivity contribution in [2.45, 2.75) is 0 Å². The zero-order chi connectivity index (χ0) is 19.4.